The van der Waals surface area contributed by atoms with Crippen LogP contribution >= 0.6 is 0 Å². The van der Waals surface area contributed by atoms with Crippen molar-refractivity contribution in [2.24, 2.45) is 0 Å². The molecular formula is C24H32N3O4S-. The van der Waals surface area contributed by atoms with Crippen molar-refractivity contribution in [3.05, 3.63) is 65.7 Å². The van der Waals surface area contributed by atoms with Crippen LogP contribution in [-0.2, 0) is 29.0 Å². The minimum absolute atomic E-state index is 0.261. The molecule has 1 fully saturated rings. The van der Waals surface area contributed by atoms with Crippen molar-refractivity contribution in [2.75, 3.05) is 37.0 Å². The van der Waals surface area contributed by atoms with Gasteiger partial charge in [-0.25, -0.2) is 4.79 Å². The summed E-state index contributed by atoms with van der Waals surface area (Å²) in [6, 6.07) is 17.5. The van der Waals surface area contributed by atoms with Crippen molar-refractivity contribution < 1.29 is 18.3 Å². The molecule has 3 rings (SSSR count). The molecule has 0 aromatic heterocycles. The molecule has 8 heteroatoms. The lowest BCUT2D eigenvalue weighted by Crippen LogP contribution is -2.49. The third-order valence-electron chi connectivity index (χ3n) is 5.28. The Morgan fingerprint density at radius 1 is 1.00 bits per heavy atom. The zero-order chi connectivity index (χ0) is 23.1. The lowest BCUT2D eigenvalue weighted by molar-refractivity contribution is 0.0139. The van der Waals surface area contributed by atoms with E-state index < -0.39 is 16.9 Å². The zero-order valence-electron chi connectivity index (χ0n) is 19.0. The fourth-order valence-corrected chi connectivity index (χ4v) is 4.14. The number of anilines is 1. The first kappa shape index (κ1) is 24.2. The Morgan fingerprint density at radius 2 is 1.62 bits per heavy atom. The van der Waals surface area contributed by atoms with Crippen molar-refractivity contribution in [1.29, 1.82) is 0 Å². The van der Waals surface area contributed by atoms with Gasteiger partial charge in [-0.05, 0) is 50.5 Å². The van der Waals surface area contributed by atoms with E-state index in [9.17, 15) is 13.6 Å². The van der Waals surface area contributed by atoms with Gasteiger partial charge in [0.15, 0.2) is 0 Å². The average molecular weight is 459 g/mol. The number of ether oxygens (including phenoxy) is 1. The van der Waals surface area contributed by atoms with Gasteiger partial charge < -0.3 is 18.5 Å². The first-order valence-corrected chi connectivity index (χ1v) is 11.9. The topological polar surface area (TPSA) is 76.2 Å². The van der Waals surface area contributed by atoms with Gasteiger partial charge in [-0.3, -0.25) is 9.11 Å². The maximum Gasteiger partial charge on any atom is 0.410 e. The minimum atomic E-state index is -2.33. The Hall–Kier alpha value is -2.42. The smallest absolute Gasteiger partial charge is 0.410 e. The summed E-state index contributed by atoms with van der Waals surface area (Å²) in [4.78, 5) is 16.2. The van der Waals surface area contributed by atoms with Gasteiger partial charge in [0.05, 0.1) is 0 Å². The second-order valence-electron chi connectivity index (χ2n) is 8.96. The van der Waals surface area contributed by atoms with E-state index in [0.717, 1.165) is 30.8 Å². The molecule has 0 aliphatic carbocycles. The van der Waals surface area contributed by atoms with E-state index in [1.165, 1.54) is 4.31 Å². The highest BCUT2D eigenvalue weighted by atomic mass is 32.2. The summed E-state index contributed by atoms with van der Waals surface area (Å²) in [7, 11) is 0. The fraction of sp³-hybridized carbons (Fsp3) is 0.458. The predicted molar refractivity (Wildman–Crippen MR) is 126 cm³/mol. The molecule has 1 amide bonds. The van der Waals surface area contributed by atoms with Crippen LogP contribution in [0.15, 0.2) is 54.6 Å². The van der Waals surface area contributed by atoms with Crippen LogP contribution in [0.2, 0.25) is 0 Å². The Kier molecular flexibility index (Phi) is 8.28. The van der Waals surface area contributed by atoms with Gasteiger partial charge in [0, 0.05) is 56.2 Å². The summed E-state index contributed by atoms with van der Waals surface area (Å²) in [5, 5.41) is 0. The number of benzene rings is 2. The SMILES string of the molecule is CC(C)(C)OC(=O)N1CCN(Cc2ccc(N(CCc3ccccc3)S(=O)[O-])cc2)CC1. The summed E-state index contributed by atoms with van der Waals surface area (Å²) in [5.74, 6) is 0. The quantitative estimate of drug-likeness (QED) is 0.593. The molecule has 1 unspecified atom stereocenters. The first-order valence-electron chi connectivity index (χ1n) is 10.9. The largest absolute Gasteiger partial charge is 0.755 e. The molecule has 7 nitrogen and oxygen atoms in total. The highest BCUT2D eigenvalue weighted by molar-refractivity contribution is 7.80. The summed E-state index contributed by atoms with van der Waals surface area (Å²) < 4.78 is 30.4. The van der Waals surface area contributed by atoms with Gasteiger partial charge in [0.2, 0.25) is 0 Å². The van der Waals surface area contributed by atoms with Crippen molar-refractivity contribution in [2.45, 2.75) is 39.3 Å². The maximum absolute atomic E-state index is 12.2. The second-order valence-corrected chi connectivity index (χ2v) is 9.84. The number of carbonyl (C=O) groups excluding carboxylic acids is 1. The highest BCUT2D eigenvalue weighted by Gasteiger charge is 2.25. The Labute approximate surface area is 193 Å². The third-order valence-corrected chi connectivity index (χ3v) is 6.03. The van der Waals surface area contributed by atoms with Gasteiger partial charge in [-0.15, -0.1) is 0 Å². The lowest BCUT2D eigenvalue weighted by atomic mass is 10.1. The van der Waals surface area contributed by atoms with Crippen LogP contribution in [0.25, 0.3) is 0 Å². The van der Waals surface area contributed by atoms with E-state index in [1.807, 2.05) is 75.4 Å². The molecule has 32 heavy (non-hydrogen) atoms. The van der Waals surface area contributed by atoms with Crippen molar-refractivity contribution in [1.82, 2.24) is 9.80 Å². The first-order chi connectivity index (χ1) is 15.2. The summed E-state index contributed by atoms with van der Waals surface area (Å²) in [6.45, 7) is 9.58. The standard InChI is InChI=1S/C24H33N3O4S/c1-24(2,3)31-23(28)26-17-15-25(16-18-26)19-21-9-11-22(12-10-21)27(32(29)30)14-13-20-7-5-4-6-8-20/h4-12H,13-19H2,1-3H3,(H,29,30)/p-1. The molecule has 0 saturated carbocycles. The van der Waals surface area contributed by atoms with Crippen molar-refractivity contribution in [3.63, 3.8) is 0 Å². The van der Waals surface area contributed by atoms with E-state index in [-0.39, 0.29) is 6.09 Å². The summed E-state index contributed by atoms with van der Waals surface area (Å²) in [6.07, 6.45) is 0.390. The van der Waals surface area contributed by atoms with Crippen LogP contribution in [0, 0.1) is 0 Å². The van der Waals surface area contributed by atoms with Gasteiger partial charge >= 0.3 is 6.09 Å². The molecule has 1 aliphatic heterocycles. The number of hydrogen-bond donors (Lipinski definition) is 0. The normalized spacial score (nSPS) is 15.9. The molecule has 1 aliphatic rings. The van der Waals surface area contributed by atoms with Gasteiger partial charge in [-0.2, -0.15) is 0 Å². The molecular weight excluding hydrogens is 426 g/mol. The van der Waals surface area contributed by atoms with E-state index in [2.05, 4.69) is 4.90 Å². The average Bonchev–Trinajstić information content (AvgIpc) is 2.75. The highest BCUT2D eigenvalue weighted by Crippen LogP contribution is 2.19. The molecule has 1 atom stereocenters. The second kappa shape index (κ2) is 10.9. The molecule has 2 aromatic carbocycles. The fourth-order valence-electron chi connectivity index (χ4n) is 3.61. The van der Waals surface area contributed by atoms with Crippen LogP contribution < -0.4 is 4.31 Å². The Bertz CT molecular complexity index is 892. The molecule has 2 aromatic rings. The number of hydrogen-bond acceptors (Lipinski definition) is 5. The van der Waals surface area contributed by atoms with E-state index in [4.69, 9.17) is 4.74 Å². The Balaban J connectivity index is 1.51. The number of nitrogens with zero attached hydrogens (tertiary/aromatic N) is 3. The summed E-state index contributed by atoms with van der Waals surface area (Å²) >= 11 is -2.33. The number of piperazine rings is 1. The van der Waals surface area contributed by atoms with Gasteiger partial charge in [0.1, 0.15) is 5.60 Å². The maximum atomic E-state index is 12.2. The van der Waals surface area contributed by atoms with E-state index in [0.29, 0.717) is 31.7 Å². The number of amides is 1. The van der Waals surface area contributed by atoms with Crippen LogP contribution in [0.5, 0.6) is 0 Å². The molecule has 0 spiro atoms. The number of carbonyl (C=O) groups is 1. The van der Waals surface area contributed by atoms with Crippen LogP contribution in [0.3, 0.4) is 0 Å². The van der Waals surface area contributed by atoms with Crippen LogP contribution in [-0.4, -0.2) is 63.0 Å². The van der Waals surface area contributed by atoms with Crippen molar-refractivity contribution in [3.8, 4) is 0 Å². The lowest BCUT2D eigenvalue weighted by Gasteiger charge is -2.35. The van der Waals surface area contributed by atoms with Crippen LogP contribution in [0.1, 0.15) is 31.9 Å². The van der Waals surface area contributed by atoms with E-state index >= 15 is 0 Å². The molecule has 0 N–H and O–H groups in total. The minimum Gasteiger partial charge on any atom is -0.755 e. The Morgan fingerprint density at radius 3 is 2.19 bits per heavy atom. The molecule has 174 valence electrons. The zero-order valence-corrected chi connectivity index (χ0v) is 19.8. The third kappa shape index (κ3) is 7.32. The molecule has 1 heterocycles. The number of rotatable bonds is 7. The van der Waals surface area contributed by atoms with Gasteiger partial charge in [0.25, 0.3) is 0 Å². The predicted octanol–water partition coefficient (Wildman–Crippen LogP) is 3.58. The van der Waals surface area contributed by atoms with Crippen molar-refractivity contribution >= 4 is 23.0 Å². The monoisotopic (exact) mass is 458 g/mol. The van der Waals surface area contributed by atoms with Crippen LogP contribution in [0.4, 0.5) is 10.5 Å². The molecule has 0 radical (unpaired) electrons. The molecule has 0 bridgehead atoms. The van der Waals surface area contributed by atoms with E-state index in [1.54, 1.807) is 4.90 Å². The molecule has 1 saturated heterocycles. The van der Waals surface area contributed by atoms with Gasteiger partial charge in [-0.1, -0.05) is 42.5 Å². The summed E-state index contributed by atoms with van der Waals surface area (Å²) in [5.41, 5.74) is 2.38.